The maximum absolute atomic E-state index is 11.5. The van der Waals surface area contributed by atoms with Crippen LogP contribution in [0.15, 0.2) is 30.3 Å². The molecule has 0 unspecified atom stereocenters. The van der Waals surface area contributed by atoms with Crippen molar-refractivity contribution < 1.29 is 23.9 Å². The molecule has 0 saturated carbocycles. The van der Waals surface area contributed by atoms with Gasteiger partial charge in [0.25, 0.3) is 0 Å². The number of carbonyl (C=O) groups excluding carboxylic acids is 3. The van der Waals surface area contributed by atoms with E-state index in [-0.39, 0.29) is 30.7 Å². The van der Waals surface area contributed by atoms with E-state index in [1.807, 2.05) is 0 Å². The number of rotatable bonds is 6. The molecule has 0 fully saturated rings. The molecule has 106 valence electrons. The summed E-state index contributed by atoms with van der Waals surface area (Å²) in [5.41, 5.74) is 0.453. The second-order valence-electron chi connectivity index (χ2n) is 4.06. The first-order chi connectivity index (χ1) is 9.49. The van der Waals surface area contributed by atoms with Gasteiger partial charge in [-0.3, -0.25) is 9.59 Å². The lowest BCUT2D eigenvalue weighted by Crippen LogP contribution is -2.16. The Balaban J connectivity index is 2.29. The van der Waals surface area contributed by atoms with E-state index in [0.29, 0.717) is 0 Å². The Bertz CT molecular complexity index is 510. The summed E-state index contributed by atoms with van der Waals surface area (Å²) in [5, 5.41) is 7.10. The Kier molecular flexibility index (Phi) is 6.09. The van der Waals surface area contributed by atoms with Crippen LogP contribution in [0.25, 0.3) is 0 Å². The highest BCUT2D eigenvalue weighted by Gasteiger charge is 2.13. The highest BCUT2D eigenvalue weighted by atomic mass is 16.6. The van der Waals surface area contributed by atoms with Gasteiger partial charge in [0.2, 0.25) is 0 Å². The van der Waals surface area contributed by atoms with Gasteiger partial charge < -0.3 is 14.9 Å². The van der Waals surface area contributed by atoms with E-state index in [0.717, 1.165) is 0 Å². The van der Waals surface area contributed by atoms with Gasteiger partial charge in [0.05, 0.1) is 18.4 Å². The fraction of sp³-hybridized carbons (Fsp3) is 0.286. The van der Waals surface area contributed by atoms with E-state index >= 15 is 0 Å². The van der Waals surface area contributed by atoms with Crippen LogP contribution in [0.2, 0.25) is 0 Å². The van der Waals surface area contributed by atoms with Gasteiger partial charge in [0.15, 0.2) is 0 Å². The number of esters is 3. The third-order valence-corrected chi connectivity index (χ3v) is 2.19. The summed E-state index contributed by atoms with van der Waals surface area (Å²) in [6.07, 6.45) is -0.320. The molecule has 0 radical (unpaired) electrons. The summed E-state index contributed by atoms with van der Waals surface area (Å²) < 4.78 is 9.31. The van der Waals surface area contributed by atoms with Crippen LogP contribution >= 0.6 is 0 Å². The molecule has 0 heterocycles. The molecule has 0 amide bonds. The molecule has 0 aliphatic rings. The van der Waals surface area contributed by atoms with E-state index < -0.39 is 17.9 Å². The Morgan fingerprint density at radius 1 is 1.10 bits per heavy atom. The molecule has 0 spiro atoms. The highest BCUT2D eigenvalue weighted by molar-refractivity contribution is 5.97. The van der Waals surface area contributed by atoms with Crippen molar-refractivity contribution in [2.24, 2.45) is 0 Å². The Morgan fingerprint density at radius 2 is 1.75 bits per heavy atom. The SMILES string of the molecule is CC(=N)CC(=O)OCCC(=O)OC(=O)c1ccccc1. The standard InChI is InChI=1S/C14H15NO5/c1-10(15)9-13(17)19-8-7-12(16)20-14(18)11-5-3-2-4-6-11/h2-6,15H,7-9H2,1H3. The van der Waals surface area contributed by atoms with Crippen LogP contribution in [0.1, 0.15) is 30.1 Å². The van der Waals surface area contributed by atoms with Crippen molar-refractivity contribution in [3.63, 3.8) is 0 Å². The lowest BCUT2D eigenvalue weighted by atomic mass is 10.2. The number of ether oxygens (including phenoxy) is 2. The van der Waals surface area contributed by atoms with Gasteiger partial charge in [-0.15, -0.1) is 0 Å². The van der Waals surface area contributed by atoms with Gasteiger partial charge in [-0.1, -0.05) is 18.2 Å². The largest absolute Gasteiger partial charge is 0.465 e. The molecule has 1 N–H and O–H groups in total. The number of nitrogens with one attached hydrogen (secondary N) is 1. The molecular weight excluding hydrogens is 262 g/mol. The molecule has 6 heteroatoms. The average molecular weight is 277 g/mol. The van der Waals surface area contributed by atoms with Crippen LogP contribution in [0, 0.1) is 5.41 Å². The number of carbonyl (C=O) groups is 3. The summed E-state index contributed by atoms with van der Waals surface area (Å²) >= 11 is 0. The van der Waals surface area contributed by atoms with E-state index in [1.54, 1.807) is 18.2 Å². The second kappa shape index (κ2) is 7.83. The third kappa shape index (κ3) is 5.90. The fourth-order valence-electron chi connectivity index (χ4n) is 1.30. The summed E-state index contributed by atoms with van der Waals surface area (Å²) in [4.78, 5) is 34.0. The second-order valence-corrected chi connectivity index (χ2v) is 4.06. The molecule has 0 aromatic heterocycles. The van der Waals surface area contributed by atoms with Gasteiger partial charge in [0, 0.05) is 5.71 Å². The van der Waals surface area contributed by atoms with Crippen LogP contribution in [-0.2, 0) is 19.1 Å². The Morgan fingerprint density at radius 3 is 2.35 bits per heavy atom. The molecule has 6 nitrogen and oxygen atoms in total. The van der Waals surface area contributed by atoms with Gasteiger partial charge in [0.1, 0.15) is 6.61 Å². The van der Waals surface area contributed by atoms with Crippen molar-refractivity contribution in [3.8, 4) is 0 Å². The molecule has 0 bridgehead atoms. The lowest BCUT2D eigenvalue weighted by Gasteiger charge is -2.04. The first-order valence-electron chi connectivity index (χ1n) is 5.98. The molecular formula is C14H15NO5. The van der Waals surface area contributed by atoms with Crippen LogP contribution in [0.5, 0.6) is 0 Å². The fourth-order valence-corrected chi connectivity index (χ4v) is 1.30. The van der Waals surface area contributed by atoms with Crippen molar-refractivity contribution >= 4 is 23.6 Å². The van der Waals surface area contributed by atoms with Gasteiger partial charge in [-0.2, -0.15) is 0 Å². The topological polar surface area (TPSA) is 93.5 Å². The molecule has 1 aromatic rings. The zero-order valence-electron chi connectivity index (χ0n) is 11.0. The third-order valence-electron chi connectivity index (χ3n) is 2.19. The minimum Gasteiger partial charge on any atom is -0.465 e. The predicted molar refractivity (Wildman–Crippen MR) is 70.5 cm³/mol. The molecule has 0 saturated heterocycles. The molecule has 0 aliphatic heterocycles. The number of hydrogen-bond donors (Lipinski definition) is 1. The summed E-state index contributed by atoms with van der Waals surface area (Å²) in [6.45, 7) is 1.31. The monoisotopic (exact) mass is 277 g/mol. The van der Waals surface area contributed by atoms with E-state index in [9.17, 15) is 14.4 Å². The van der Waals surface area contributed by atoms with E-state index in [2.05, 4.69) is 4.74 Å². The van der Waals surface area contributed by atoms with E-state index in [4.69, 9.17) is 10.1 Å². The maximum Gasteiger partial charge on any atom is 0.345 e. The molecule has 1 rings (SSSR count). The normalized spacial score (nSPS) is 9.65. The Labute approximate surface area is 116 Å². The minimum absolute atomic E-state index is 0.113. The summed E-state index contributed by atoms with van der Waals surface area (Å²) in [5.74, 6) is -2.09. The van der Waals surface area contributed by atoms with Crippen LogP contribution < -0.4 is 0 Å². The van der Waals surface area contributed by atoms with Gasteiger partial charge in [-0.05, 0) is 19.1 Å². The van der Waals surface area contributed by atoms with Crippen molar-refractivity contribution in [1.29, 1.82) is 5.41 Å². The molecule has 1 aromatic carbocycles. The first-order valence-corrected chi connectivity index (χ1v) is 5.98. The molecule has 0 aliphatic carbocycles. The lowest BCUT2D eigenvalue weighted by molar-refractivity contribution is -0.145. The minimum atomic E-state index is -0.766. The first kappa shape index (κ1) is 15.6. The van der Waals surface area contributed by atoms with Crippen LogP contribution in [-0.4, -0.2) is 30.2 Å². The number of benzene rings is 1. The Hall–Kier alpha value is -2.50. The van der Waals surface area contributed by atoms with Gasteiger partial charge >= 0.3 is 17.9 Å². The molecule has 0 atom stereocenters. The van der Waals surface area contributed by atoms with Crippen molar-refractivity contribution in [2.75, 3.05) is 6.61 Å². The van der Waals surface area contributed by atoms with Crippen molar-refractivity contribution in [3.05, 3.63) is 35.9 Å². The zero-order valence-corrected chi connectivity index (χ0v) is 11.0. The zero-order chi connectivity index (χ0) is 15.0. The van der Waals surface area contributed by atoms with Crippen molar-refractivity contribution in [1.82, 2.24) is 0 Å². The van der Waals surface area contributed by atoms with Crippen LogP contribution in [0.4, 0.5) is 0 Å². The maximum atomic E-state index is 11.5. The van der Waals surface area contributed by atoms with Crippen LogP contribution in [0.3, 0.4) is 0 Å². The quantitative estimate of drug-likeness (QED) is 0.485. The number of hydrogen-bond acceptors (Lipinski definition) is 6. The molecule has 20 heavy (non-hydrogen) atoms. The summed E-state index contributed by atoms with van der Waals surface area (Å²) in [7, 11) is 0. The van der Waals surface area contributed by atoms with Crippen molar-refractivity contribution in [2.45, 2.75) is 19.8 Å². The summed E-state index contributed by atoms with van der Waals surface area (Å²) in [6, 6.07) is 8.11. The smallest absolute Gasteiger partial charge is 0.345 e. The average Bonchev–Trinajstić information content (AvgIpc) is 2.38. The van der Waals surface area contributed by atoms with E-state index in [1.165, 1.54) is 19.1 Å². The highest BCUT2D eigenvalue weighted by Crippen LogP contribution is 2.02. The van der Waals surface area contributed by atoms with Gasteiger partial charge in [-0.25, -0.2) is 4.79 Å². The predicted octanol–water partition coefficient (Wildman–Crippen LogP) is 1.73.